The van der Waals surface area contributed by atoms with Gasteiger partial charge in [0.1, 0.15) is 0 Å². The van der Waals surface area contributed by atoms with Crippen molar-refractivity contribution in [3.8, 4) is 0 Å². The number of hydrogen-bond acceptors (Lipinski definition) is 3. The first-order valence-electron chi connectivity index (χ1n) is 6.78. The molecule has 0 saturated carbocycles. The fourth-order valence-electron chi connectivity index (χ4n) is 2.18. The Morgan fingerprint density at radius 3 is 2.20 bits per heavy atom. The fraction of sp³-hybridized carbons (Fsp3) is 0.294. The normalized spacial score (nSPS) is 13.9. The van der Waals surface area contributed by atoms with Crippen LogP contribution in [-0.4, -0.2) is 24.3 Å². The highest BCUT2D eigenvalue weighted by Gasteiger charge is 2.19. The molecule has 0 aliphatic heterocycles. The minimum absolute atomic E-state index is 0.591. The molecule has 3 heteroatoms. The number of benzene rings is 2. The van der Waals surface area contributed by atoms with Crippen molar-refractivity contribution < 1.29 is 5.11 Å². The van der Waals surface area contributed by atoms with Crippen LogP contribution in [-0.2, 0) is 6.42 Å². The molecule has 2 aromatic carbocycles. The van der Waals surface area contributed by atoms with E-state index in [4.69, 9.17) is 0 Å². The summed E-state index contributed by atoms with van der Waals surface area (Å²) in [7, 11) is 1.86. The number of rotatable bonds is 6. The van der Waals surface area contributed by atoms with Gasteiger partial charge in [0.2, 0.25) is 0 Å². The van der Waals surface area contributed by atoms with Crippen molar-refractivity contribution in [2.75, 3.05) is 13.6 Å². The zero-order valence-electron chi connectivity index (χ0n) is 12.0. The Bertz CT molecular complexity index is 522. The van der Waals surface area contributed by atoms with Gasteiger partial charge in [-0.25, -0.2) is 0 Å². The summed E-state index contributed by atoms with van der Waals surface area (Å²) in [6, 6.07) is 18.7. The Kier molecular flexibility index (Phi) is 5.24. The molecule has 0 radical (unpaired) electrons. The lowest BCUT2D eigenvalue weighted by Gasteiger charge is -2.22. The smallest absolute Gasteiger partial charge is 0.0783 e. The fourth-order valence-corrected chi connectivity index (χ4v) is 3.02. The molecule has 0 aliphatic rings. The van der Waals surface area contributed by atoms with Gasteiger partial charge < -0.3 is 10.4 Å². The van der Waals surface area contributed by atoms with Gasteiger partial charge in [-0.05, 0) is 43.8 Å². The molecule has 2 N–H and O–H groups in total. The molecule has 2 aromatic rings. The zero-order chi connectivity index (χ0) is 14.4. The molecule has 0 heterocycles. The van der Waals surface area contributed by atoms with E-state index in [-0.39, 0.29) is 0 Å². The second kappa shape index (κ2) is 6.93. The van der Waals surface area contributed by atoms with Crippen LogP contribution >= 0.6 is 11.8 Å². The van der Waals surface area contributed by atoms with E-state index in [2.05, 4.69) is 41.7 Å². The molecule has 20 heavy (non-hydrogen) atoms. The van der Waals surface area contributed by atoms with Crippen molar-refractivity contribution in [3.63, 3.8) is 0 Å². The Balaban J connectivity index is 2.00. The van der Waals surface area contributed by atoms with Gasteiger partial charge in [0.15, 0.2) is 0 Å². The maximum Gasteiger partial charge on any atom is 0.0783 e. The zero-order valence-corrected chi connectivity index (χ0v) is 12.8. The Morgan fingerprint density at radius 1 is 1.00 bits per heavy atom. The standard InChI is InChI=1S/C17H21NOS/c1-17(19,13-18-2)12-14-8-10-16(11-9-14)20-15-6-4-3-5-7-15/h3-11,18-19H,12-13H2,1-2H3. The highest BCUT2D eigenvalue weighted by Crippen LogP contribution is 2.27. The van der Waals surface area contributed by atoms with Crippen LogP contribution in [0.4, 0.5) is 0 Å². The lowest BCUT2D eigenvalue weighted by molar-refractivity contribution is 0.0622. The highest BCUT2D eigenvalue weighted by atomic mass is 32.2. The number of aliphatic hydroxyl groups is 1. The van der Waals surface area contributed by atoms with Crippen LogP contribution in [0.1, 0.15) is 12.5 Å². The summed E-state index contributed by atoms with van der Waals surface area (Å²) in [5.41, 5.74) is 0.450. The molecule has 0 amide bonds. The van der Waals surface area contributed by atoms with Crippen molar-refractivity contribution in [2.24, 2.45) is 0 Å². The van der Waals surface area contributed by atoms with Crippen LogP contribution in [0.15, 0.2) is 64.4 Å². The molecule has 0 bridgehead atoms. The van der Waals surface area contributed by atoms with Crippen molar-refractivity contribution in [3.05, 3.63) is 60.2 Å². The number of hydrogen-bond donors (Lipinski definition) is 2. The van der Waals surface area contributed by atoms with E-state index in [0.29, 0.717) is 13.0 Å². The van der Waals surface area contributed by atoms with Crippen LogP contribution in [0.2, 0.25) is 0 Å². The van der Waals surface area contributed by atoms with Gasteiger partial charge in [0, 0.05) is 22.8 Å². The summed E-state index contributed by atoms with van der Waals surface area (Å²) >= 11 is 1.75. The lowest BCUT2D eigenvalue weighted by Crippen LogP contribution is -2.38. The first-order valence-corrected chi connectivity index (χ1v) is 7.59. The summed E-state index contributed by atoms with van der Waals surface area (Å²) in [6.45, 7) is 2.45. The largest absolute Gasteiger partial charge is 0.389 e. The maximum atomic E-state index is 10.2. The summed E-state index contributed by atoms with van der Waals surface area (Å²) in [5, 5.41) is 13.2. The van der Waals surface area contributed by atoms with Gasteiger partial charge >= 0.3 is 0 Å². The minimum Gasteiger partial charge on any atom is -0.389 e. The molecule has 0 saturated heterocycles. The first kappa shape index (κ1) is 15.1. The van der Waals surface area contributed by atoms with Crippen LogP contribution < -0.4 is 5.32 Å². The third kappa shape index (κ3) is 4.67. The second-order valence-corrected chi connectivity index (χ2v) is 6.41. The van der Waals surface area contributed by atoms with Crippen molar-refractivity contribution in [2.45, 2.75) is 28.7 Å². The maximum absolute atomic E-state index is 10.2. The number of nitrogens with one attached hydrogen (secondary N) is 1. The predicted molar refractivity (Wildman–Crippen MR) is 85.3 cm³/mol. The Morgan fingerprint density at radius 2 is 1.60 bits per heavy atom. The Labute approximate surface area is 125 Å². The monoisotopic (exact) mass is 287 g/mol. The molecule has 1 atom stereocenters. The molecule has 0 aliphatic carbocycles. The molecular weight excluding hydrogens is 266 g/mol. The van der Waals surface area contributed by atoms with Crippen molar-refractivity contribution >= 4 is 11.8 Å². The third-order valence-electron chi connectivity index (χ3n) is 3.04. The van der Waals surface area contributed by atoms with Crippen LogP contribution in [0.3, 0.4) is 0 Å². The summed E-state index contributed by atoms with van der Waals surface area (Å²) in [5.74, 6) is 0. The van der Waals surface area contributed by atoms with Gasteiger partial charge in [-0.1, -0.05) is 42.1 Å². The van der Waals surface area contributed by atoms with Gasteiger partial charge in [-0.2, -0.15) is 0 Å². The highest BCUT2D eigenvalue weighted by molar-refractivity contribution is 7.99. The molecule has 0 spiro atoms. The quantitative estimate of drug-likeness (QED) is 0.854. The summed E-state index contributed by atoms with van der Waals surface area (Å²) in [4.78, 5) is 2.45. The van der Waals surface area contributed by atoms with Crippen molar-refractivity contribution in [1.82, 2.24) is 5.32 Å². The molecule has 2 nitrogen and oxygen atoms in total. The van der Waals surface area contributed by atoms with Gasteiger partial charge in [-0.15, -0.1) is 0 Å². The van der Waals surface area contributed by atoms with E-state index in [0.717, 1.165) is 5.56 Å². The van der Waals surface area contributed by atoms with Gasteiger partial charge in [-0.3, -0.25) is 0 Å². The first-order chi connectivity index (χ1) is 9.59. The van der Waals surface area contributed by atoms with Crippen LogP contribution in [0.5, 0.6) is 0 Å². The third-order valence-corrected chi connectivity index (χ3v) is 4.06. The average Bonchev–Trinajstić information content (AvgIpc) is 2.42. The lowest BCUT2D eigenvalue weighted by atomic mass is 9.97. The molecule has 0 aromatic heterocycles. The molecule has 0 fully saturated rings. The molecule has 106 valence electrons. The van der Waals surface area contributed by atoms with Crippen LogP contribution in [0.25, 0.3) is 0 Å². The SMILES string of the molecule is CNCC(C)(O)Cc1ccc(Sc2ccccc2)cc1. The molecule has 2 rings (SSSR count). The van der Waals surface area contributed by atoms with Crippen LogP contribution in [0, 0.1) is 0 Å². The molecular formula is C17H21NOS. The van der Waals surface area contributed by atoms with E-state index in [1.54, 1.807) is 11.8 Å². The van der Waals surface area contributed by atoms with E-state index >= 15 is 0 Å². The summed E-state index contributed by atoms with van der Waals surface area (Å²) in [6.07, 6.45) is 0.657. The second-order valence-electron chi connectivity index (χ2n) is 5.26. The van der Waals surface area contributed by atoms with Gasteiger partial charge in [0.25, 0.3) is 0 Å². The summed E-state index contributed by atoms with van der Waals surface area (Å²) < 4.78 is 0. The Hall–Kier alpha value is -1.29. The van der Waals surface area contributed by atoms with Gasteiger partial charge in [0.05, 0.1) is 5.60 Å². The van der Waals surface area contributed by atoms with E-state index in [9.17, 15) is 5.11 Å². The topological polar surface area (TPSA) is 32.3 Å². The van der Waals surface area contributed by atoms with E-state index < -0.39 is 5.60 Å². The molecule has 1 unspecified atom stereocenters. The van der Waals surface area contributed by atoms with Crippen molar-refractivity contribution in [1.29, 1.82) is 0 Å². The van der Waals surface area contributed by atoms with E-state index in [1.807, 2.05) is 32.2 Å². The predicted octanol–water partition coefficient (Wildman–Crippen LogP) is 3.35. The van der Waals surface area contributed by atoms with E-state index in [1.165, 1.54) is 9.79 Å². The average molecular weight is 287 g/mol. The minimum atomic E-state index is -0.706. The number of likely N-dealkylation sites (N-methyl/N-ethyl adjacent to an activating group) is 1.